The maximum Gasteiger partial charge on any atom is 0.326 e. The average molecular weight is 363 g/mol. The largest absolute Gasteiger partial charge is 0.493 e. The van der Waals surface area contributed by atoms with Crippen LogP contribution >= 0.6 is 11.8 Å². The number of thioether (sulfide) groups is 1. The summed E-state index contributed by atoms with van der Waals surface area (Å²) in [6, 6.07) is 7.26. The van der Waals surface area contributed by atoms with E-state index in [0.29, 0.717) is 12.5 Å². The lowest BCUT2D eigenvalue weighted by Crippen LogP contribution is -2.34. The summed E-state index contributed by atoms with van der Waals surface area (Å²) < 4.78 is 10.4. The van der Waals surface area contributed by atoms with Gasteiger partial charge in [-0.25, -0.2) is 0 Å². The van der Waals surface area contributed by atoms with Crippen molar-refractivity contribution in [3.8, 4) is 5.75 Å². The Kier molecular flexibility index (Phi) is 6.64. The molecule has 0 radical (unpaired) electrons. The summed E-state index contributed by atoms with van der Waals surface area (Å²) in [6.07, 6.45) is 1.63. The molecule has 0 N–H and O–H groups in total. The summed E-state index contributed by atoms with van der Waals surface area (Å²) in [5, 5.41) is -0.471. The Morgan fingerprint density at radius 2 is 1.92 bits per heavy atom. The summed E-state index contributed by atoms with van der Waals surface area (Å²) in [5.74, 6) is 0.104. The van der Waals surface area contributed by atoms with Crippen molar-refractivity contribution in [2.24, 2.45) is 5.92 Å². The number of ether oxygens (including phenoxy) is 2. The van der Waals surface area contributed by atoms with Crippen molar-refractivity contribution in [2.75, 3.05) is 19.8 Å². The molecule has 0 aliphatic carbocycles. The highest BCUT2D eigenvalue weighted by Crippen LogP contribution is 2.32. The second kappa shape index (κ2) is 8.71. The topological polar surface area (TPSA) is 72.9 Å². The molecule has 134 valence electrons. The molecule has 0 unspecified atom stereocenters. The molecule has 1 aliphatic heterocycles. The summed E-state index contributed by atoms with van der Waals surface area (Å²) in [4.78, 5) is 36.9. The molecule has 1 heterocycles. The number of nitrogens with zero attached hydrogens (tertiary/aromatic N) is 1. The molecule has 1 saturated heterocycles. The van der Waals surface area contributed by atoms with Crippen molar-refractivity contribution in [1.29, 1.82) is 0 Å². The summed E-state index contributed by atoms with van der Waals surface area (Å²) in [5.41, 5.74) is 0.776. The van der Waals surface area contributed by atoms with Crippen LogP contribution in [0.25, 0.3) is 6.08 Å². The van der Waals surface area contributed by atoms with Gasteiger partial charge in [0, 0.05) is 0 Å². The first-order chi connectivity index (χ1) is 11.9. The minimum Gasteiger partial charge on any atom is -0.493 e. The number of esters is 1. The zero-order valence-electron chi connectivity index (χ0n) is 14.5. The quantitative estimate of drug-likeness (QED) is 0.547. The van der Waals surface area contributed by atoms with Crippen LogP contribution in [-0.2, 0) is 14.3 Å². The van der Waals surface area contributed by atoms with E-state index in [-0.39, 0.29) is 18.1 Å². The van der Waals surface area contributed by atoms with Crippen LogP contribution in [-0.4, -0.2) is 41.8 Å². The second-order valence-corrected chi connectivity index (χ2v) is 6.84. The smallest absolute Gasteiger partial charge is 0.326 e. The van der Waals surface area contributed by atoms with Gasteiger partial charge in [0.05, 0.1) is 18.1 Å². The number of imide groups is 1. The maximum absolute atomic E-state index is 12.3. The van der Waals surface area contributed by atoms with Crippen molar-refractivity contribution in [2.45, 2.75) is 20.8 Å². The van der Waals surface area contributed by atoms with E-state index in [1.54, 1.807) is 13.0 Å². The molecule has 0 saturated carbocycles. The predicted octanol–water partition coefficient (Wildman–Crippen LogP) is 3.32. The van der Waals surface area contributed by atoms with Crippen molar-refractivity contribution < 1.29 is 23.9 Å². The first-order valence-electron chi connectivity index (χ1n) is 8.04. The molecule has 0 spiro atoms. The summed E-state index contributed by atoms with van der Waals surface area (Å²) in [7, 11) is 0. The van der Waals surface area contributed by atoms with Crippen LogP contribution in [0.2, 0.25) is 0 Å². The van der Waals surface area contributed by atoms with Crippen molar-refractivity contribution in [3.05, 3.63) is 34.7 Å². The van der Waals surface area contributed by atoms with E-state index in [1.165, 1.54) is 0 Å². The van der Waals surface area contributed by atoms with Crippen LogP contribution in [0.3, 0.4) is 0 Å². The van der Waals surface area contributed by atoms with E-state index in [1.807, 2.05) is 24.3 Å². The van der Waals surface area contributed by atoms with Crippen LogP contribution in [0.5, 0.6) is 5.75 Å². The fraction of sp³-hybridized carbons (Fsp3) is 0.389. The number of hydrogen-bond acceptors (Lipinski definition) is 6. The van der Waals surface area contributed by atoms with Crippen LogP contribution < -0.4 is 4.74 Å². The van der Waals surface area contributed by atoms with E-state index in [0.717, 1.165) is 28.0 Å². The summed E-state index contributed by atoms with van der Waals surface area (Å²) >= 11 is 0.815. The van der Waals surface area contributed by atoms with Gasteiger partial charge < -0.3 is 9.47 Å². The fourth-order valence-electron chi connectivity index (χ4n) is 2.05. The molecule has 0 atom stereocenters. The highest BCUT2D eigenvalue weighted by molar-refractivity contribution is 8.18. The number of carbonyl (C=O) groups excluding carboxylic acids is 3. The molecule has 25 heavy (non-hydrogen) atoms. The van der Waals surface area contributed by atoms with E-state index in [9.17, 15) is 14.4 Å². The first-order valence-corrected chi connectivity index (χ1v) is 8.86. The van der Waals surface area contributed by atoms with Gasteiger partial charge in [-0.1, -0.05) is 26.0 Å². The van der Waals surface area contributed by atoms with Gasteiger partial charge in [-0.05, 0) is 48.4 Å². The van der Waals surface area contributed by atoms with Gasteiger partial charge in [-0.15, -0.1) is 0 Å². The zero-order chi connectivity index (χ0) is 18.4. The molecule has 1 fully saturated rings. The predicted molar refractivity (Wildman–Crippen MR) is 96.1 cm³/mol. The third-order valence-corrected chi connectivity index (χ3v) is 4.13. The Bertz CT molecular complexity index is 681. The van der Waals surface area contributed by atoms with Gasteiger partial charge in [0.15, 0.2) is 0 Å². The lowest BCUT2D eigenvalue weighted by Gasteiger charge is -2.10. The first kappa shape index (κ1) is 19.1. The second-order valence-electron chi connectivity index (χ2n) is 5.85. The lowest BCUT2D eigenvalue weighted by atomic mass is 10.2. The Hall–Kier alpha value is -2.28. The molecule has 0 aromatic heterocycles. The van der Waals surface area contributed by atoms with Crippen LogP contribution in [0.15, 0.2) is 29.2 Å². The molecule has 2 rings (SSSR count). The van der Waals surface area contributed by atoms with Crippen molar-refractivity contribution in [3.63, 3.8) is 0 Å². The normalized spacial score (nSPS) is 16.0. The highest BCUT2D eigenvalue weighted by atomic mass is 32.2. The van der Waals surface area contributed by atoms with Crippen molar-refractivity contribution in [1.82, 2.24) is 4.90 Å². The Balaban J connectivity index is 2.04. The Morgan fingerprint density at radius 1 is 1.24 bits per heavy atom. The molecule has 0 bridgehead atoms. The standard InChI is InChI=1S/C18H21NO5S/c1-4-23-16(20)10-19-17(21)15(25-18(19)22)9-13-5-7-14(8-6-13)24-11-12(2)3/h5-9,12H,4,10-11H2,1-3H3/b15-9+. The SMILES string of the molecule is CCOC(=O)CN1C(=O)S/C(=C/c2ccc(OCC(C)C)cc2)C1=O. The van der Waals surface area contributed by atoms with E-state index in [2.05, 4.69) is 13.8 Å². The Morgan fingerprint density at radius 3 is 2.52 bits per heavy atom. The minimum absolute atomic E-state index is 0.204. The van der Waals surface area contributed by atoms with Gasteiger partial charge in [-0.3, -0.25) is 19.3 Å². The number of amides is 2. The number of hydrogen-bond donors (Lipinski definition) is 0. The van der Waals surface area contributed by atoms with Crippen LogP contribution in [0.4, 0.5) is 4.79 Å². The van der Waals surface area contributed by atoms with Gasteiger partial charge in [-0.2, -0.15) is 0 Å². The molecular formula is C18H21NO5S. The van der Waals surface area contributed by atoms with E-state index in [4.69, 9.17) is 9.47 Å². The fourth-order valence-corrected chi connectivity index (χ4v) is 2.88. The molecule has 6 nitrogen and oxygen atoms in total. The highest BCUT2D eigenvalue weighted by Gasteiger charge is 2.36. The van der Waals surface area contributed by atoms with Gasteiger partial charge >= 0.3 is 5.97 Å². The molecule has 7 heteroatoms. The lowest BCUT2D eigenvalue weighted by molar-refractivity contribution is -0.145. The van der Waals surface area contributed by atoms with E-state index < -0.39 is 17.1 Å². The van der Waals surface area contributed by atoms with Gasteiger partial charge in [0.25, 0.3) is 11.1 Å². The van der Waals surface area contributed by atoms with Gasteiger partial charge in [0.2, 0.25) is 0 Å². The average Bonchev–Trinajstić information content (AvgIpc) is 2.82. The van der Waals surface area contributed by atoms with Crippen LogP contribution in [0, 0.1) is 5.92 Å². The third kappa shape index (κ3) is 5.35. The van der Waals surface area contributed by atoms with Crippen LogP contribution in [0.1, 0.15) is 26.3 Å². The van der Waals surface area contributed by atoms with E-state index >= 15 is 0 Å². The molecular weight excluding hydrogens is 342 g/mol. The summed E-state index contributed by atoms with van der Waals surface area (Å²) in [6.45, 7) is 6.28. The number of carbonyl (C=O) groups is 3. The Labute approximate surface area is 151 Å². The monoisotopic (exact) mass is 363 g/mol. The van der Waals surface area contributed by atoms with Crippen molar-refractivity contribution >= 4 is 35.0 Å². The molecule has 1 aliphatic rings. The molecule has 1 aromatic carbocycles. The zero-order valence-corrected chi connectivity index (χ0v) is 15.3. The molecule has 2 amide bonds. The third-order valence-electron chi connectivity index (χ3n) is 3.23. The number of rotatable bonds is 7. The minimum atomic E-state index is -0.599. The maximum atomic E-state index is 12.3. The molecule has 1 aromatic rings. The van der Waals surface area contributed by atoms with Gasteiger partial charge in [0.1, 0.15) is 12.3 Å². The number of benzene rings is 1.